The molecule has 1 amide bonds. The van der Waals surface area contributed by atoms with Crippen molar-refractivity contribution in [2.45, 2.75) is 18.9 Å². The van der Waals surface area contributed by atoms with Gasteiger partial charge >= 0.3 is 0 Å². The number of aromatic amines is 1. The molecule has 132 valence electrons. The van der Waals surface area contributed by atoms with E-state index in [0.717, 1.165) is 12.8 Å². The summed E-state index contributed by atoms with van der Waals surface area (Å²) in [5, 5.41) is 6.08. The first kappa shape index (κ1) is 16.9. The predicted molar refractivity (Wildman–Crippen MR) is 90.8 cm³/mol. The minimum Gasteiger partial charge on any atom is -0.470 e. The minimum absolute atomic E-state index is 0.170. The van der Waals surface area contributed by atoms with Crippen LogP contribution in [0.4, 0.5) is 5.82 Å². The summed E-state index contributed by atoms with van der Waals surface area (Å²) >= 11 is 0. The van der Waals surface area contributed by atoms with E-state index in [-0.39, 0.29) is 23.3 Å². The zero-order chi connectivity index (χ0) is 17.8. The second-order valence-corrected chi connectivity index (χ2v) is 6.02. The lowest BCUT2D eigenvalue weighted by atomic mass is 10.1. The molecular formula is C16H20N6O3. The summed E-state index contributed by atoms with van der Waals surface area (Å²) in [6.07, 6.45) is 4.67. The number of ether oxygens (including phenoxy) is 1. The van der Waals surface area contributed by atoms with Crippen molar-refractivity contribution in [3.63, 3.8) is 0 Å². The molecule has 0 radical (unpaired) electrons. The summed E-state index contributed by atoms with van der Waals surface area (Å²) in [6.45, 7) is 1.06. The largest absolute Gasteiger partial charge is 0.470 e. The number of nitrogens with one attached hydrogen (secondary N) is 1. The van der Waals surface area contributed by atoms with Gasteiger partial charge in [0.1, 0.15) is 11.8 Å². The molecule has 3 rings (SSSR count). The Morgan fingerprint density at radius 1 is 1.32 bits per heavy atom. The van der Waals surface area contributed by atoms with E-state index < -0.39 is 0 Å². The van der Waals surface area contributed by atoms with Crippen LogP contribution in [0.15, 0.2) is 29.3 Å². The number of hydrogen-bond donors (Lipinski definition) is 1. The van der Waals surface area contributed by atoms with Gasteiger partial charge in [-0.15, -0.1) is 0 Å². The molecule has 1 N–H and O–H groups in total. The Hall–Kier alpha value is -2.97. The van der Waals surface area contributed by atoms with Gasteiger partial charge in [-0.2, -0.15) is 5.10 Å². The molecule has 0 spiro atoms. The quantitative estimate of drug-likeness (QED) is 0.851. The van der Waals surface area contributed by atoms with E-state index in [9.17, 15) is 9.59 Å². The average Bonchev–Trinajstić information content (AvgIpc) is 2.62. The molecule has 1 fully saturated rings. The standard InChI is InChI=1S/C16H20N6O3/c1-21(2)14-15(18-8-7-17-14)25-11-4-3-9-22(10-11)16(24)12-5-6-13(23)20-19-12/h5-8,11H,3-4,9-10H2,1-2H3,(H,20,23). The highest BCUT2D eigenvalue weighted by Crippen LogP contribution is 2.24. The van der Waals surface area contributed by atoms with Gasteiger partial charge in [0.05, 0.1) is 6.54 Å². The maximum absolute atomic E-state index is 12.5. The van der Waals surface area contributed by atoms with Gasteiger partial charge in [0, 0.05) is 39.1 Å². The first-order chi connectivity index (χ1) is 12.0. The average molecular weight is 344 g/mol. The van der Waals surface area contributed by atoms with Gasteiger partial charge in [-0.1, -0.05) is 0 Å². The lowest BCUT2D eigenvalue weighted by Gasteiger charge is -2.32. The highest BCUT2D eigenvalue weighted by molar-refractivity contribution is 5.92. The van der Waals surface area contributed by atoms with Crippen molar-refractivity contribution in [3.8, 4) is 5.88 Å². The first-order valence-corrected chi connectivity index (χ1v) is 8.04. The third-order valence-electron chi connectivity index (χ3n) is 3.91. The maximum atomic E-state index is 12.5. The van der Waals surface area contributed by atoms with Crippen LogP contribution in [-0.4, -0.2) is 64.3 Å². The fourth-order valence-electron chi connectivity index (χ4n) is 2.71. The summed E-state index contributed by atoms with van der Waals surface area (Å²) in [6, 6.07) is 2.72. The lowest BCUT2D eigenvalue weighted by molar-refractivity contribution is 0.0522. The van der Waals surface area contributed by atoms with Crippen LogP contribution >= 0.6 is 0 Å². The van der Waals surface area contributed by atoms with E-state index in [1.54, 1.807) is 17.3 Å². The van der Waals surface area contributed by atoms with Gasteiger partial charge in [0.15, 0.2) is 5.82 Å². The summed E-state index contributed by atoms with van der Waals surface area (Å²) in [5.41, 5.74) is -0.121. The molecule has 1 aliphatic heterocycles. The number of likely N-dealkylation sites (tertiary alicyclic amines) is 1. The number of carbonyl (C=O) groups excluding carboxylic acids is 1. The summed E-state index contributed by atoms with van der Waals surface area (Å²) in [4.78, 5) is 35.6. The van der Waals surface area contributed by atoms with Gasteiger partial charge in [0.25, 0.3) is 17.3 Å². The van der Waals surface area contributed by atoms with Gasteiger partial charge < -0.3 is 14.5 Å². The summed E-state index contributed by atoms with van der Waals surface area (Å²) in [7, 11) is 3.74. The molecule has 1 unspecified atom stereocenters. The van der Waals surface area contributed by atoms with Crippen LogP contribution in [0.3, 0.4) is 0 Å². The lowest BCUT2D eigenvalue weighted by Crippen LogP contribution is -2.45. The van der Waals surface area contributed by atoms with Crippen molar-refractivity contribution in [3.05, 3.63) is 40.6 Å². The zero-order valence-electron chi connectivity index (χ0n) is 14.2. The van der Waals surface area contributed by atoms with Crippen LogP contribution in [0, 0.1) is 0 Å². The Labute approximate surface area is 144 Å². The normalized spacial score (nSPS) is 17.2. The molecule has 1 aliphatic rings. The molecule has 9 heteroatoms. The molecule has 1 saturated heterocycles. The predicted octanol–water partition coefficient (Wildman–Crippen LogP) is 0.309. The second kappa shape index (κ2) is 7.29. The molecule has 0 saturated carbocycles. The molecule has 0 aromatic carbocycles. The topological polar surface area (TPSA) is 104 Å². The van der Waals surface area contributed by atoms with E-state index in [1.165, 1.54) is 12.1 Å². The molecule has 25 heavy (non-hydrogen) atoms. The molecule has 9 nitrogen and oxygen atoms in total. The molecule has 2 aromatic heterocycles. The number of aromatic nitrogens is 4. The molecule has 1 atom stereocenters. The van der Waals surface area contributed by atoms with E-state index >= 15 is 0 Å². The molecule has 3 heterocycles. The van der Waals surface area contributed by atoms with Crippen LogP contribution in [0.1, 0.15) is 23.3 Å². The van der Waals surface area contributed by atoms with Crippen LogP contribution in [0.2, 0.25) is 0 Å². The maximum Gasteiger partial charge on any atom is 0.274 e. The monoisotopic (exact) mass is 344 g/mol. The summed E-state index contributed by atoms with van der Waals surface area (Å²) < 4.78 is 6.00. The molecule has 0 bridgehead atoms. The Kier molecular flexibility index (Phi) is 4.92. The van der Waals surface area contributed by atoms with Gasteiger partial charge in [-0.25, -0.2) is 15.1 Å². The number of H-pyrrole nitrogens is 1. The third kappa shape index (κ3) is 3.93. The van der Waals surface area contributed by atoms with Crippen molar-refractivity contribution in [1.82, 2.24) is 25.1 Å². The number of hydrogen-bond acceptors (Lipinski definition) is 7. The van der Waals surface area contributed by atoms with Gasteiger partial charge in [0.2, 0.25) is 0 Å². The molecule has 0 aliphatic carbocycles. The fourth-order valence-corrected chi connectivity index (χ4v) is 2.71. The van der Waals surface area contributed by atoms with Crippen LogP contribution < -0.4 is 15.2 Å². The zero-order valence-corrected chi connectivity index (χ0v) is 14.2. The van der Waals surface area contributed by atoms with E-state index in [0.29, 0.717) is 24.8 Å². The summed E-state index contributed by atoms with van der Waals surface area (Å²) in [5.74, 6) is 0.874. The number of rotatable bonds is 4. The Bertz CT molecular complexity index is 786. The Balaban J connectivity index is 1.70. The number of piperidine rings is 1. The van der Waals surface area contributed by atoms with Crippen molar-refractivity contribution in [1.29, 1.82) is 0 Å². The molecular weight excluding hydrogens is 324 g/mol. The SMILES string of the molecule is CN(C)c1nccnc1OC1CCCN(C(=O)c2ccc(=O)[nH]n2)C1. The van der Waals surface area contributed by atoms with Crippen molar-refractivity contribution in [2.75, 3.05) is 32.1 Å². The van der Waals surface area contributed by atoms with E-state index in [2.05, 4.69) is 20.2 Å². The first-order valence-electron chi connectivity index (χ1n) is 8.04. The van der Waals surface area contributed by atoms with E-state index in [4.69, 9.17) is 4.74 Å². The fraction of sp³-hybridized carbons (Fsp3) is 0.438. The third-order valence-corrected chi connectivity index (χ3v) is 3.91. The van der Waals surface area contributed by atoms with Crippen molar-refractivity contribution < 1.29 is 9.53 Å². The van der Waals surface area contributed by atoms with E-state index in [1.807, 2.05) is 19.0 Å². The van der Waals surface area contributed by atoms with Crippen LogP contribution in [0.5, 0.6) is 5.88 Å². The number of carbonyl (C=O) groups is 1. The minimum atomic E-state index is -0.338. The Morgan fingerprint density at radius 2 is 2.12 bits per heavy atom. The Morgan fingerprint density at radius 3 is 2.84 bits per heavy atom. The van der Waals surface area contributed by atoms with Crippen LogP contribution in [0.25, 0.3) is 0 Å². The molecule has 2 aromatic rings. The second-order valence-electron chi connectivity index (χ2n) is 6.02. The van der Waals surface area contributed by atoms with Crippen molar-refractivity contribution in [2.24, 2.45) is 0 Å². The van der Waals surface area contributed by atoms with Gasteiger partial charge in [-0.3, -0.25) is 9.59 Å². The van der Waals surface area contributed by atoms with Crippen molar-refractivity contribution >= 4 is 11.7 Å². The highest BCUT2D eigenvalue weighted by Gasteiger charge is 2.27. The smallest absolute Gasteiger partial charge is 0.274 e. The number of anilines is 1. The number of amides is 1. The van der Waals surface area contributed by atoms with Crippen LogP contribution in [-0.2, 0) is 0 Å². The highest BCUT2D eigenvalue weighted by atomic mass is 16.5. The van der Waals surface area contributed by atoms with Gasteiger partial charge in [-0.05, 0) is 18.9 Å². The number of nitrogens with zero attached hydrogens (tertiary/aromatic N) is 5.